The van der Waals surface area contributed by atoms with Gasteiger partial charge >= 0.3 is 11.9 Å². The summed E-state index contributed by atoms with van der Waals surface area (Å²) in [7, 11) is 0. The van der Waals surface area contributed by atoms with E-state index in [4.69, 9.17) is 9.47 Å². The first-order chi connectivity index (χ1) is 18.5. The van der Waals surface area contributed by atoms with Crippen LogP contribution in [0.1, 0.15) is 97.0 Å². The molecule has 0 bridgehead atoms. The summed E-state index contributed by atoms with van der Waals surface area (Å²) in [5, 5.41) is 3.25. The number of nitrogens with one attached hydrogen (secondary N) is 1. The molecule has 1 saturated carbocycles. The van der Waals surface area contributed by atoms with Crippen LogP contribution in [0.4, 0.5) is 0 Å². The van der Waals surface area contributed by atoms with Gasteiger partial charge in [0.25, 0.3) is 0 Å². The Hall–Kier alpha value is -2.41. The summed E-state index contributed by atoms with van der Waals surface area (Å²) in [6, 6.07) is 8.30. The molecule has 1 unspecified atom stereocenters. The van der Waals surface area contributed by atoms with Gasteiger partial charge in [0, 0.05) is 6.04 Å². The Morgan fingerprint density at radius 1 is 1.00 bits per heavy atom. The van der Waals surface area contributed by atoms with Crippen LogP contribution in [0.15, 0.2) is 30.3 Å². The zero-order valence-electron chi connectivity index (χ0n) is 23.7. The molecule has 1 N–H and O–H groups in total. The number of ether oxygens (including phenoxy) is 2. The van der Waals surface area contributed by atoms with Crippen molar-refractivity contribution in [2.75, 3.05) is 13.2 Å². The molecular weight excluding hydrogens is 480 g/mol. The summed E-state index contributed by atoms with van der Waals surface area (Å²) in [6.45, 7) is 6.47. The highest BCUT2D eigenvalue weighted by molar-refractivity contribution is 5.89. The summed E-state index contributed by atoms with van der Waals surface area (Å²) < 4.78 is 11.0. The van der Waals surface area contributed by atoms with E-state index in [1.165, 1.54) is 25.7 Å². The molecule has 2 aliphatic rings. The van der Waals surface area contributed by atoms with Crippen LogP contribution in [0, 0.1) is 5.92 Å². The first-order valence-electron chi connectivity index (χ1n) is 14.9. The number of hydrogen-bond acceptors (Lipinski definition) is 6. The lowest BCUT2D eigenvalue weighted by molar-refractivity contribution is -0.156. The molecule has 0 aromatic heterocycles. The number of benzene rings is 1. The third-order valence-electron chi connectivity index (χ3n) is 8.06. The molecule has 2 fully saturated rings. The predicted molar refractivity (Wildman–Crippen MR) is 148 cm³/mol. The number of carbonyl (C=O) groups excluding carboxylic acids is 3. The van der Waals surface area contributed by atoms with E-state index in [1.807, 2.05) is 30.3 Å². The summed E-state index contributed by atoms with van der Waals surface area (Å²) in [4.78, 5) is 41.4. The highest BCUT2D eigenvalue weighted by Crippen LogP contribution is 2.42. The van der Waals surface area contributed by atoms with Crippen LogP contribution in [-0.2, 0) is 30.3 Å². The van der Waals surface area contributed by atoms with Crippen molar-refractivity contribution < 1.29 is 23.9 Å². The second kappa shape index (κ2) is 15.9. The average molecular weight is 529 g/mol. The number of amides is 1. The molecule has 1 amide bonds. The Balaban J connectivity index is 1.60. The van der Waals surface area contributed by atoms with Crippen molar-refractivity contribution in [1.82, 2.24) is 10.2 Å². The quantitative estimate of drug-likeness (QED) is 0.234. The lowest BCUT2D eigenvalue weighted by atomic mass is 10.0. The van der Waals surface area contributed by atoms with Gasteiger partial charge in [0.2, 0.25) is 5.91 Å². The van der Waals surface area contributed by atoms with Gasteiger partial charge in [-0.25, -0.2) is 4.79 Å². The number of nitrogens with zero attached hydrogens (tertiary/aromatic N) is 1. The van der Waals surface area contributed by atoms with Gasteiger partial charge in [-0.1, -0.05) is 75.8 Å². The average Bonchev–Trinajstić information content (AvgIpc) is 3.52. The third-order valence-corrected chi connectivity index (χ3v) is 8.06. The van der Waals surface area contributed by atoms with Crippen LogP contribution in [0.3, 0.4) is 0 Å². The molecular formula is C31H48N2O5. The zero-order valence-corrected chi connectivity index (χ0v) is 23.7. The van der Waals surface area contributed by atoms with Crippen molar-refractivity contribution >= 4 is 17.8 Å². The summed E-state index contributed by atoms with van der Waals surface area (Å²) >= 11 is 0. The number of fused-ring (bicyclic) bond motifs is 1. The predicted octanol–water partition coefficient (Wildman–Crippen LogP) is 5.20. The van der Waals surface area contributed by atoms with Crippen molar-refractivity contribution in [3.05, 3.63) is 35.9 Å². The molecule has 7 nitrogen and oxygen atoms in total. The van der Waals surface area contributed by atoms with E-state index in [0.717, 1.165) is 37.7 Å². The van der Waals surface area contributed by atoms with Crippen molar-refractivity contribution in [3.8, 4) is 0 Å². The van der Waals surface area contributed by atoms with E-state index >= 15 is 0 Å². The largest absolute Gasteiger partial charge is 0.465 e. The van der Waals surface area contributed by atoms with E-state index in [1.54, 1.807) is 18.7 Å². The van der Waals surface area contributed by atoms with Crippen molar-refractivity contribution in [1.29, 1.82) is 0 Å². The van der Waals surface area contributed by atoms with Gasteiger partial charge in [0.05, 0.1) is 19.3 Å². The number of unbranched alkanes of at least 4 members (excludes halogenated alkanes) is 5. The number of rotatable bonds is 16. The van der Waals surface area contributed by atoms with Gasteiger partial charge in [0.15, 0.2) is 0 Å². The number of likely N-dealkylation sites (tertiary alicyclic amines) is 1. The molecule has 0 spiro atoms. The molecule has 1 aromatic carbocycles. The monoisotopic (exact) mass is 528 g/mol. The van der Waals surface area contributed by atoms with Gasteiger partial charge in [-0.15, -0.1) is 0 Å². The van der Waals surface area contributed by atoms with E-state index in [-0.39, 0.29) is 30.5 Å². The van der Waals surface area contributed by atoms with Gasteiger partial charge in [-0.3, -0.25) is 14.9 Å². The lowest BCUT2D eigenvalue weighted by Gasteiger charge is -2.32. The Labute approximate surface area is 229 Å². The van der Waals surface area contributed by atoms with Crippen LogP contribution in [0.25, 0.3) is 0 Å². The summed E-state index contributed by atoms with van der Waals surface area (Å²) in [6.07, 6.45) is 11.7. The highest BCUT2D eigenvalue weighted by atomic mass is 16.5. The molecule has 1 heterocycles. The maximum absolute atomic E-state index is 13.8. The van der Waals surface area contributed by atoms with Crippen LogP contribution in [-0.4, -0.2) is 60.1 Å². The van der Waals surface area contributed by atoms with Crippen LogP contribution in [0.2, 0.25) is 0 Å². The number of aryl methyl sites for hydroxylation is 1. The molecule has 1 aromatic rings. The maximum atomic E-state index is 13.8. The van der Waals surface area contributed by atoms with E-state index in [9.17, 15) is 14.4 Å². The minimum absolute atomic E-state index is 0.0729. The van der Waals surface area contributed by atoms with Crippen molar-refractivity contribution in [3.63, 3.8) is 0 Å². The minimum atomic E-state index is -0.617. The van der Waals surface area contributed by atoms with Crippen molar-refractivity contribution in [2.45, 2.75) is 122 Å². The molecule has 212 valence electrons. The topological polar surface area (TPSA) is 84.9 Å². The minimum Gasteiger partial charge on any atom is -0.465 e. The highest BCUT2D eigenvalue weighted by Gasteiger charge is 2.50. The number of hydrogen-bond donors (Lipinski definition) is 1. The molecule has 1 aliphatic carbocycles. The van der Waals surface area contributed by atoms with Gasteiger partial charge in [-0.05, 0) is 63.9 Å². The lowest BCUT2D eigenvalue weighted by Crippen LogP contribution is -2.55. The van der Waals surface area contributed by atoms with Gasteiger partial charge in [0.1, 0.15) is 12.1 Å². The molecule has 1 saturated heterocycles. The molecule has 7 heteroatoms. The fourth-order valence-electron chi connectivity index (χ4n) is 6.03. The van der Waals surface area contributed by atoms with Crippen LogP contribution >= 0.6 is 0 Å². The molecule has 3 rings (SSSR count). The first-order valence-corrected chi connectivity index (χ1v) is 14.9. The number of carbonyl (C=O) groups is 3. The second-order valence-corrected chi connectivity index (χ2v) is 10.9. The van der Waals surface area contributed by atoms with Gasteiger partial charge < -0.3 is 14.4 Å². The van der Waals surface area contributed by atoms with Gasteiger partial charge in [-0.2, -0.15) is 0 Å². The Bertz CT molecular complexity index is 876. The zero-order chi connectivity index (χ0) is 27.3. The summed E-state index contributed by atoms with van der Waals surface area (Å²) in [5.41, 5.74) is 1.13. The van der Waals surface area contributed by atoms with Crippen LogP contribution in [0.5, 0.6) is 0 Å². The van der Waals surface area contributed by atoms with E-state index in [2.05, 4.69) is 12.2 Å². The fraction of sp³-hybridized carbons (Fsp3) is 0.710. The van der Waals surface area contributed by atoms with Crippen molar-refractivity contribution in [2.24, 2.45) is 5.92 Å². The maximum Gasteiger partial charge on any atom is 0.328 e. The fourth-order valence-corrected chi connectivity index (χ4v) is 6.03. The molecule has 5 atom stereocenters. The molecule has 1 aliphatic heterocycles. The first kappa shape index (κ1) is 30.1. The second-order valence-electron chi connectivity index (χ2n) is 10.9. The SMILES string of the molecule is CCCCCCCCOC(=O)C1C[C@@H]2CCC[C@@H]2N1C(=O)[C@H](C)N[C@H](CCc1ccccc1)C(=O)OCC. The number of esters is 2. The molecule has 0 radical (unpaired) electrons. The van der Waals surface area contributed by atoms with Crippen LogP contribution < -0.4 is 5.32 Å². The Morgan fingerprint density at radius 2 is 1.74 bits per heavy atom. The Kier molecular flexibility index (Phi) is 12.6. The Morgan fingerprint density at radius 3 is 2.47 bits per heavy atom. The molecule has 38 heavy (non-hydrogen) atoms. The van der Waals surface area contributed by atoms with E-state index < -0.39 is 18.1 Å². The normalized spacial score (nSPS) is 22.1. The third kappa shape index (κ3) is 8.55. The smallest absolute Gasteiger partial charge is 0.328 e. The standard InChI is InChI=1S/C31H48N2O5/c1-4-6-7-8-9-13-21-38-31(36)28-22-25-17-14-18-27(25)33(28)29(34)23(3)32-26(30(35)37-5-2)20-19-24-15-11-10-12-16-24/h10-12,15-16,23,25-28,32H,4-9,13-14,17-22H2,1-3H3/t23-,25-,26+,27-,28?/m0/s1. The summed E-state index contributed by atoms with van der Waals surface area (Å²) in [5.74, 6) is -0.413. The van der Waals surface area contributed by atoms with E-state index in [0.29, 0.717) is 31.8 Å².